The summed E-state index contributed by atoms with van der Waals surface area (Å²) >= 11 is 0. The smallest absolute Gasteiger partial charge is 0.0647 e. The fourth-order valence-electron chi connectivity index (χ4n) is 0.392. The number of allylic oxidation sites excluding steroid dienone is 1. The highest BCUT2D eigenvalue weighted by Gasteiger charge is 1.76. The van der Waals surface area contributed by atoms with Crippen molar-refractivity contribution in [2.24, 2.45) is 0 Å². The Labute approximate surface area is 51.4 Å². The van der Waals surface area contributed by atoms with E-state index in [1.165, 1.54) is 0 Å². The van der Waals surface area contributed by atoms with Crippen LogP contribution in [0.3, 0.4) is 0 Å². The molecule has 0 rings (SSSR count). The average molecular weight is 114 g/mol. The summed E-state index contributed by atoms with van der Waals surface area (Å²) < 4.78 is 5.14. The van der Waals surface area contributed by atoms with Crippen molar-refractivity contribution in [3.8, 4) is 0 Å². The van der Waals surface area contributed by atoms with Crippen LogP contribution < -0.4 is 0 Å². The SMILES string of the molecule is C/C=C\COCCC. The van der Waals surface area contributed by atoms with Crippen LogP contribution in [-0.4, -0.2) is 13.2 Å². The Morgan fingerprint density at radius 3 is 2.75 bits per heavy atom. The summed E-state index contributed by atoms with van der Waals surface area (Å²) in [4.78, 5) is 0. The highest BCUT2D eigenvalue weighted by atomic mass is 16.5. The van der Waals surface area contributed by atoms with Crippen molar-refractivity contribution >= 4 is 0 Å². The largest absolute Gasteiger partial charge is 0.377 e. The van der Waals surface area contributed by atoms with Crippen LogP contribution in [0.5, 0.6) is 0 Å². The minimum atomic E-state index is 0.768. The van der Waals surface area contributed by atoms with Gasteiger partial charge >= 0.3 is 0 Å². The molecule has 0 aliphatic heterocycles. The molecular weight excluding hydrogens is 100 g/mol. The van der Waals surface area contributed by atoms with Crippen LogP contribution >= 0.6 is 0 Å². The predicted molar refractivity (Wildman–Crippen MR) is 35.9 cm³/mol. The molecular formula is C7H14O. The van der Waals surface area contributed by atoms with Gasteiger partial charge in [-0.05, 0) is 13.3 Å². The van der Waals surface area contributed by atoms with Crippen LogP contribution in [0.4, 0.5) is 0 Å². The molecule has 0 amide bonds. The zero-order valence-corrected chi connectivity index (χ0v) is 5.68. The lowest BCUT2D eigenvalue weighted by Crippen LogP contribution is -1.90. The molecule has 0 unspecified atom stereocenters. The molecule has 0 spiro atoms. The molecule has 0 radical (unpaired) electrons. The number of rotatable bonds is 4. The van der Waals surface area contributed by atoms with Crippen molar-refractivity contribution in [1.29, 1.82) is 0 Å². The van der Waals surface area contributed by atoms with Gasteiger partial charge in [0.15, 0.2) is 0 Å². The van der Waals surface area contributed by atoms with Crippen molar-refractivity contribution in [2.75, 3.05) is 13.2 Å². The molecule has 0 aromatic rings. The first kappa shape index (κ1) is 7.70. The predicted octanol–water partition coefficient (Wildman–Crippen LogP) is 1.99. The molecule has 0 fully saturated rings. The molecule has 8 heavy (non-hydrogen) atoms. The van der Waals surface area contributed by atoms with E-state index in [1.54, 1.807) is 0 Å². The van der Waals surface area contributed by atoms with E-state index in [4.69, 9.17) is 4.74 Å². The van der Waals surface area contributed by atoms with Crippen molar-refractivity contribution < 1.29 is 4.74 Å². The highest BCUT2D eigenvalue weighted by Crippen LogP contribution is 1.80. The molecule has 0 saturated heterocycles. The number of hydrogen-bond acceptors (Lipinski definition) is 1. The Bertz CT molecular complexity index is 57.4. The van der Waals surface area contributed by atoms with Gasteiger partial charge in [0.1, 0.15) is 0 Å². The lowest BCUT2D eigenvalue weighted by atomic mass is 10.5. The molecule has 1 nitrogen and oxygen atoms in total. The second kappa shape index (κ2) is 6.70. The van der Waals surface area contributed by atoms with Crippen LogP contribution in [0.1, 0.15) is 20.3 Å². The van der Waals surface area contributed by atoms with E-state index in [1.807, 2.05) is 19.1 Å². The fraction of sp³-hybridized carbons (Fsp3) is 0.714. The summed E-state index contributed by atoms with van der Waals surface area (Å²) in [6.45, 7) is 5.75. The van der Waals surface area contributed by atoms with Crippen LogP contribution in [-0.2, 0) is 4.74 Å². The Kier molecular flexibility index (Phi) is 6.45. The van der Waals surface area contributed by atoms with Crippen molar-refractivity contribution in [3.63, 3.8) is 0 Å². The molecule has 0 N–H and O–H groups in total. The first-order valence-electron chi connectivity index (χ1n) is 3.10. The monoisotopic (exact) mass is 114 g/mol. The Hall–Kier alpha value is -0.300. The van der Waals surface area contributed by atoms with E-state index in [0.717, 1.165) is 19.6 Å². The zero-order chi connectivity index (χ0) is 6.24. The number of ether oxygens (including phenoxy) is 1. The van der Waals surface area contributed by atoms with E-state index in [0.29, 0.717) is 0 Å². The Balaban J connectivity index is 2.72. The van der Waals surface area contributed by atoms with E-state index in [-0.39, 0.29) is 0 Å². The Morgan fingerprint density at radius 1 is 1.50 bits per heavy atom. The minimum absolute atomic E-state index is 0.768. The normalized spacial score (nSPS) is 10.8. The second-order valence-corrected chi connectivity index (χ2v) is 1.64. The van der Waals surface area contributed by atoms with Crippen LogP contribution in [0, 0.1) is 0 Å². The summed E-state index contributed by atoms with van der Waals surface area (Å²) in [5.41, 5.74) is 0. The van der Waals surface area contributed by atoms with E-state index < -0.39 is 0 Å². The van der Waals surface area contributed by atoms with Gasteiger partial charge in [-0.3, -0.25) is 0 Å². The number of hydrogen-bond donors (Lipinski definition) is 0. The second-order valence-electron chi connectivity index (χ2n) is 1.64. The quantitative estimate of drug-likeness (QED) is 0.401. The molecule has 0 bridgehead atoms. The van der Waals surface area contributed by atoms with Crippen molar-refractivity contribution in [1.82, 2.24) is 0 Å². The molecule has 0 saturated carbocycles. The van der Waals surface area contributed by atoms with Crippen LogP contribution in [0.15, 0.2) is 12.2 Å². The van der Waals surface area contributed by atoms with Crippen molar-refractivity contribution in [2.45, 2.75) is 20.3 Å². The molecule has 0 heterocycles. The highest BCUT2D eigenvalue weighted by molar-refractivity contribution is 4.75. The van der Waals surface area contributed by atoms with Gasteiger partial charge in [-0.2, -0.15) is 0 Å². The molecule has 0 aliphatic carbocycles. The van der Waals surface area contributed by atoms with Gasteiger partial charge in [0.25, 0.3) is 0 Å². The minimum Gasteiger partial charge on any atom is -0.377 e. The lowest BCUT2D eigenvalue weighted by molar-refractivity contribution is 0.163. The third kappa shape index (κ3) is 5.70. The van der Waals surface area contributed by atoms with Crippen molar-refractivity contribution in [3.05, 3.63) is 12.2 Å². The van der Waals surface area contributed by atoms with Gasteiger partial charge in [0.05, 0.1) is 6.61 Å². The standard InChI is InChI=1S/C7H14O/c1-3-5-7-8-6-4-2/h3,5H,4,6-7H2,1-2H3/b5-3-. The summed E-state index contributed by atoms with van der Waals surface area (Å²) in [6, 6.07) is 0. The van der Waals surface area contributed by atoms with Crippen LogP contribution in [0.2, 0.25) is 0 Å². The summed E-state index contributed by atoms with van der Waals surface area (Å²) in [5.74, 6) is 0. The first-order valence-corrected chi connectivity index (χ1v) is 3.10. The van der Waals surface area contributed by atoms with Gasteiger partial charge in [0.2, 0.25) is 0 Å². The molecule has 0 aromatic heterocycles. The van der Waals surface area contributed by atoms with Gasteiger partial charge in [-0.1, -0.05) is 19.1 Å². The molecule has 0 aromatic carbocycles. The molecule has 48 valence electrons. The first-order chi connectivity index (χ1) is 3.91. The van der Waals surface area contributed by atoms with E-state index in [9.17, 15) is 0 Å². The Morgan fingerprint density at radius 2 is 2.25 bits per heavy atom. The van der Waals surface area contributed by atoms with Gasteiger partial charge in [0, 0.05) is 6.61 Å². The third-order valence-corrected chi connectivity index (χ3v) is 0.798. The summed E-state index contributed by atoms with van der Waals surface area (Å²) in [5, 5.41) is 0. The van der Waals surface area contributed by atoms with Crippen LogP contribution in [0.25, 0.3) is 0 Å². The third-order valence-electron chi connectivity index (χ3n) is 0.798. The zero-order valence-electron chi connectivity index (χ0n) is 5.68. The molecule has 0 aliphatic rings. The van der Waals surface area contributed by atoms with Gasteiger partial charge in [-0.15, -0.1) is 0 Å². The lowest BCUT2D eigenvalue weighted by Gasteiger charge is -1.93. The van der Waals surface area contributed by atoms with Gasteiger partial charge in [-0.25, -0.2) is 0 Å². The topological polar surface area (TPSA) is 9.23 Å². The fourth-order valence-corrected chi connectivity index (χ4v) is 0.392. The van der Waals surface area contributed by atoms with Gasteiger partial charge < -0.3 is 4.74 Å². The summed E-state index contributed by atoms with van der Waals surface area (Å²) in [7, 11) is 0. The maximum Gasteiger partial charge on any atom is 0.0647 e. The maximum atomic E-state index is 5.14. The van der Waals surface area contributed by atoms with E-state index >= 15 is 0 Å². The summed E-state index contributed by atoms with van der Waals surface area (Å²) in [6.07, 6.45) is 5.11. The van der Waals surface area contributed by atoms with E-state index in [2.05, 4.69) is 6.92 Å². The molecule has 1 heteroatoms. The maximum absolute atomic E-state index is 5.14. The molecule has 0 atom stereocenters. The average Bonchev–Trinajstić information content (AvgIpc) is 1.81.